The maximum atomic E-state index is 8.94. The molecule has 1 aliphatic rings. The Balaban J connectivity index is 2.13. The number of benzene rings is 1. The van der Waals surface area contributed by atoms with Crippen LogP contribution in [0.4, 0.5) is 0 Å². The van der Waals surface area contributed by atoms with Crippen LogP contribution in [0.25, 0.3) is 0 Å². The molecule has 0 unspecified atom stereocenters. The average Bonchev–Trinajstić information content (AvgIpc) is 2.89. The van der Waals surface area contributed by atoms with E-state index in [4.69, 9.17) is 5.26 Å². The van der Waals surface area contributed by atoms with Gasteiger partial charge in [-0.3, -0.25) is 4.99 Å². The van der Waals surface area contributed by atoms with Crippen LogP contribution in [0, 0.1) is 17.2 Å². The molecule has 0 N–H and O–H groups in total. The largest absolute Gasteiger partial charge is 0.270 e. The van der Waals surface area contributed by atoms with Crippen molar-refractivity contribution in [2.24, 2.45) is 10.9 Å². The topological polar surface area (TPSA) is 36.1 Å². The van der Waals surface area contributed by atoms with Gasteiger partial charge in [0.05, 0.1) is 6.07 Å². The molecule has 0 spiro atoms. The van der Waals surface area contributed by atoms with Gasteiger partial charge in [-0.2, -0.15) is 5.26 Å². The van der Waals surface area contributed by atoms with Gasteiger partial charge in [0.1, 0.15) is 5.54 Å². The van der Waals surface area contributed by atoms with E-state index in [0.717, 1.165) is 12.0 Å². The minimum atomic E-state index is -0.421. The zero-order valence-electron chi connectivity index (χ0n) is 8.14. The molecule has 0 amide bonds. The summed E-state index contributed by atoms with van der Waals surface area (Å²) < 4.78 is 0. The van der Waals surface area contributed by atoms with Gasteiger partial charge in [-0.25, -0.2) is 0 Å². The van der Waals surface area contributed by atoms with Gasteiger partial charge in [0, 0.05) is 6.21 Å². The SMILES string of the molecule is C[C@@H]1C[C@@]1(C#N)N=Cc1ccccc1. The first-order chi connectivity index (χ1) is 6.77. The van der Waals surface area contributed by atoms with E-state index in [9.17, 15) is 0 Å². The summed E-state index contributed by atoms with van der Waals surface area (Å²) in [5.41, 5.74) is 0.636. The average molecular weight is 184 g/mol. The molecule has 1 fully saturated rings. The third-order valence-electron chi connectivity index (χ3n) is 2.71. The highest BCUT2D eigenvalue weighted by Gasteiger charge is 2.51. The van der Waals surface area contributed by atoms with Gasteiger partial charge >= 0.3 is 0 Å². The van der Waals surface area contributed by atoms with E-state index in [1.807, 2.05) is 30.3 Å². The minimum Gasteiger partial charge on any atom is -0.270 e. The van der Waals surface area contributed by atoms with Crippen LogP contribution in [0.5, 0.6) is 0 Å². The van der Waals surface area contributed by atoms with Gasteiger partial charge in [0.15, 0.2) is 0 Å². The summed E-state index contributed by atoms with van der Waals surface area (Å²) in [7, 11) is 0. The molecule has 0 bridgehead atoms. The molecule has 2 nitrogen and oxygen atoms in total. The Morgan fingerprint density at radius 1 is 1.50 bits per heavy atom. The molecule has 0 saturated heterocycles. The van der Waals surface area contributed by atoms with Crippen molar-refractivity contribution in [2.75, 3.05) is 0 Å². The molecule has 0 aliphatic heterocycles. The van der Waals surface area contributed by atoms with Gasteiger partial charge in [-0.05, 0) is 17.9 Å². The number of rotatable bonds is 2. The second-order valence-electron chi connectivity index (χ2n) is 3.81. The summed E-state index contributed by atoms with van der Waals surface area (Å²) in [4.78, 5) is 4.35. The van der Waals surface area contributed by atoms with Crippen LogP contribution in [-0.4, -0.2) is 11.8 Å². The minimum absolute atomic E-state index is 0.410. The summed E-state index contributed by atoms with van der Waals surface area (Å²) in [6.07, 6.45) is 2.69. The Kier molecular flexibility index (Phi) is 2.09. The molecular weight excluding hydrogens is 172 g/mol. The van der Waals surface area contributed by atoms with Gasteiger partial charge in [0.2, 0.25) is 0 Å². The van der Waals surface area contributed by atoms with Gasteiger partial charge < -0.3 is 0 Å². The lowest BCUT2D eigenvalue weighted by Crippen LogP contribution is -2.03. The summed E-state index contributed by atoms with van der Waals surface area (Å²) in [6.45, 7) is 2.06. The molecule has 1 aromatic carbocycles. The summed E-state index contributed by atoms with van der Waals surface area (Å²) >= 11 is 0. The first-order valence-electron chi connectivity index (χ1n) is 4.78. The van der Waals surface area contributed by atoms with Crippen LogP contribution < -0.4 is 0 Å². The molecule has 0 heterocycles. The second-order valence-corrected chi connectivity index (χ2v) is 3.81. The summed E-state index contributed by atoms with van der Waals surface area (Å²) in [5, 5.41) is 8.94. The van der Waals surface area contributed by atoms with Crippen molar-refractivity contribution in [1.82, 2.24) is 0 Å². The predicted octanol–water partition coefficient (Wildman–Crippen LogP) is 2.41. The Morgan fingerprint density at radius 2 is 2.14 bits per heavy atom. The van der Waals surface area contributed by atoms with Crippen LogP contribution in [0.2, 0.25) is 0 Å². The smallest absolute Gasteiger partial charge is 0.149 e. The molecule has 1 aromatic rings. The van der Waals surface area contributed by atoms with Crippen molar-refractivity contribution in [2.45, 2.75) is 18.9 Å². The molecule has 1 aliphatic carbocycles. The normalized spacial score (nSPS) is 30.1. The third-order valence-corrected chi connectivity index (χ3v) is 2.71. The van der Waals surface area contributed by atoms with Crippen LogP contribution in [0.3, 0.4) is 0 Å². The first kappa shape index (κ1) is 8.96. The van der Waals surface area contributed by atoms with E-state index in [2.05, 4.69) is 18.0 Å². The van der Waals surface area contributed by atoms with Crippen molar-refractivity contribution >= 4 is 6.21 Å². The van der Waals surface area contributed by atoms with E-state index < -0.39 is 5.54 Å². The molecule has 0 radical (unpaired) electrons. The zero-order valence-corrected chi connectivity index (χ0v) is 8.14. The van der Waals surface area contributed by atoms with Gasteiger partial charge in [-0.15, -0.1) is 0 Å². The van der Waals surface area contributed by atoms with Crippen LogP contribution in [-0.2, 0) is 0 Å². The van der Waals surface area contributed by atoms with E-state index in [1.54, 1.807) is 6.21 Å². The summed E-state index contributed by atoms with van der Waals surface area (Å²) in [6, 6.07) is 12.2. The fraction of sp³-hybridized carbons (Fsp3) is 0.333. The monoisotopic (exact) mass is 184 g/mol. The molecule has 1 saturated carbocycles. The fourth-order valence-electron chi connectivity index (χ4n) is 1.50. The summed E-state index contributed by atoms with van der Waals surface area (Å²) in [5.74, 6) is 0.410. The molecule has 14 heavy (non-hydrogen) atoms. The number of hydrogen-bond acceptors (Lipinski definition) is 2. The first-order valence-corrected chi connectivity index (χ1v) is 4.78. The van der Waals surface area contributed by atoms with Crippen LogP contribution in [0.1, 0.15) is 18.9 Å². The maximum absolute atomic E-state index is 8.94. The molecule has 2 heteroatoms. The van der Waals surface area contributed by atoms with Gasteiger partial charge in [0.25, 0.3) is 0 Å². The maximum Gasteiger partial charge on any atom is 0.149 e. The lowest BCUT2D eigenvalue weighted by molar-refractivity contribution is 0.777. The van der Waals surface area contributed by atoms with Crippen molar-refractivity contribution < 1.29 is 0 Å². The van der Waals surface area contributed by atoms with E-state index in [1.165, 1.54) is 0 Å². The van der Waals surface area contributed by atoms with Crippen molar-refractivity contribution in [3.05, 3.63) is 35.9 Å². The Morgan fingerprint density at radius 3 is 2.64 bits per heavy atom. The zero-order chi connectivity index (χ0) is 10.0. The number of aliphatic imine (C=N–C) groups is 1. The predicted molar refractivity (Wildman–Crippen MR) is 56.2 cm³/mol. The Bertz CT molecular complexity index is 389. The highest BCUT2D eigenvalue weighted by molar-refractivity contribution is 5.80. The van der Waals surface area contributed by atoms with Crippen LogP contribution in [0.15, 0.2) is 35.3 Å². The highest BCUT2D eigenvalue weighted by atomic mass is 14.9. The Hall–Kier alpha value is -1.62. The van der Waals surface area contributed by atoms with Gasteiger partial charge in [-0.1, -0.05) is 37.3 Å². The van der Waals surface area contributed by atoms with E-state index in [0.29, 0.717) is 5.92 Å². The van der Waals surface area contributed by atoms with E-state index in [-0.39, 0.29) is 0 Å². The fourth-order valence-corrected chi connectivity index (χ4v) is 1.50. The van der Waals surface area contributed by atoms with Crippen LogP contribution >= 0.6 is 0 Å². The molecular formula is C12H12N2. The standard InChI is InChI=1S/C12H12N2/c1-10-7-12(10,9-13)14-8-11-5-3-2-4-6-11/h2-6,8,10H,7H2,1H3/t10-,12+/m1/s1. The van der Waals surface area contributed by atoms with E-state index >= 15 is 0 Å². The van der Waals surface area contributed by atoms with Crippen molar-refractivity contribution in [3.8, 4) is 6.07 Å². The van der Waals surface area contributed by atoms with Crippen molar-refractivity contribution in [3.63, 3.8) is 0 Å². The van der Waals surface area contributed by atoms with Crippen molar-refractivity contribution in [1.29, 1.82) is 5.26 Å². The number of hydrogen-bond donors (Lipinski definition) is 0. The molecule has 2 atom stereocenters. The molecule has 70 valence electrons. The third kappa shape index (κ3) is 1.54. The lowest BCUT2D eigenvalue weighted by atomic mass is 10.2. The highest BCUT2D eigenvalue weighted by Crippen LogP contribution is 2.45. The Labute approximate surface area is 83.9 Å². The molecule has 0 aromatic heterocycles. The second kappa shape index (κ2) is 3.26. The number of nitriles is 1. The quantitative estimate of drug-likeness (QED) is 0.650. The lowest BCUT2D eigenvalue weighted by Gasteiger charge is -1.97. The number of nitrogens with zero attached hydrogens (tertiary/aromatic N) is 2. The molecule has 2 rings (SSSR count).